The van der Waals surface area contributed by atoms with Crippen molar-refractivity contribution in [3.63, 3.8) is 0 Å². The molecule has 0 radical (unpaired) electrons. The summed E-state index contributed by atoms with van der Waals surface area (Å²) in [5.74, 6) is -1.27. The standard InChI is InChI=1S/C9H12FN3O4/c1-4-8(17-6(3-14)16-4)13-2-5(10)7(11)12-9(13)15/h2,4,6,8,14H,3H2,1H3,(H2,11,12,15)/t4-,6-,8+/m1/s1. The molecule has 1 aliphatic heterocycles. The van der Waals surface area contributed by atoms with Crippen LogP contribution in [0.25, 0.3) is 0 Å². The van der Waals surface area contributed by atoms with Crippen LogP contribution in [-0.4, -0.2) is 33.7 Å². The minimum Gasteiger partial charge on any atom is -0.391 e. The molecule has 3 N–H and O–H groups in total. The molecule has 7 nitrogen and oxygen atoms in total. The average molecular weight is 245 g/mol. The summed E-state index contributed by atoms with van der Waals surface area (Å²) in [4.78, 5) is 14.8. The second-order valence-electron chi connectivity index (χ2n) is 3.64. The summed E-state index contributed by atoms with van der Waals surface area (Å²) < 4.78 is 24.6. The summed E-state index contributed by atoms with van der Waals surface area (Å²) >= 11 is 0. The van der Waals surface area contributed by atoms with Crippen molar-refractivity contribution in [3.05, 3.63) is 22.5 Å². The van der Waals surface area contributed by atoms with E-state index in [4.69, 9.17) is 20.3 Å². The first kappa shape index (κ1) is 12.0. The lowest BCUT2D eigenvalue weighted by Gasteiger charge is -2.15. The van der Waals surface area contributed by atoms with Gasteiger partial charge >= 0.3 is 5.69 Å². The van der Waals surface area contributed by atoms with Gasteiger partial charge in [0.2, 0.25) is 0 Å². The van der Waals surface area contributed by atoms with Crippen LogP contribution in [0.3, 0.4) is 0 Å². The summed E-state index contributed by atoms with van der Waals surface area (Å²) in [5.41, 5.74) is 4.43. The van der Waals surface area contributed by atoms with Crippen molar-refractivity contribution >= 4 is 5.82 Å². The molecule has 94 valence electrons. The number of hydrogen-bond acceptors (Lipinski definition) is 6. The maximum atomic E-state index is 13.2. The van der Waals surface area contributed by atoms with Crippen LogP contribution in [0.15, 0.2) is 11.0 Å². The number of aromatic nitrogens is 2. The molecule has 1 aromatic rings. The van der Waals surface area contributed by atoms with E-state index >= 15 is 0 Å². The Hall–Kier alpha value is -1.51. The molecular formula is C9H12FN3O4. The first-order valence-corrected chi connectivity index (χ1v) is 4.99. The molecule has 0 amide bonds. The molecular weight excluding hydrogens is 233 g/mol. The topological polar surface area (TPSA) is 99.6 Å². The van der Waals surface area contributed by atoms with Crippen molar-refractivity contribution < 1.29 is 19.0 Å². The van der Waals surface area contributed by atoms with E-state index in [0.29, 0.717) is 0 Å². The Morgan fingerprint density at radius 2 is 2.35 bits per heavy atom. The van der Waals surface area contributed by atoms with Crippen molar-refractivity contribution in [3.8, 4) is 0 Å². The number of halogens is 1. The number of aliphatic hydroxyl groups excluding tert-OH is 1. The molecule has 2 rings (SSSR count). The molecule has 1 aliphatic rings. The third-order valence-electron chi connectivity index (χ3n) is 2.42. The van der Waals surface area contributed by atoms with E-state index in [0.717, 1.165) is 10.8 Å². The van der Waals surface area contributed by atoms with E-state index in [1.165, 1.54) is 0 Å². The van der Waals surface area contributed by atoms with Gasteiger partial charge in [0.25, 0.3) is 0 Å². The van der Waals surface area contributed by atoms with E-state index in [9.17, 15) is 9.18 Å². The van der Waals surface area contributed by atoms with Crippen molar-refractivity contribution in [1.82, 2.24) is 9.55 Å². The van der Waals surface area contributed by atoms with Crippen LogP contribution in [0.2, 0.25) is 0 Å². The van der Waals surface area contributed by atoms with Gasteiger partial charge in [-0.25, -0.2) is 9.18 Å². The zero-order chi connectivity index (χ0) is 12.6. The fourth-order valence-electron chi connectivity index (χ4n) is 1.62. The molecule has 0 bridgehead atoms. The molecule has 0 aromatic carbocycles. The molecule has 1 saturated heterocycles. The van der Waals surface area contributed by atoms with Gasteiger partial charge in [0, 0.05) is 0 Å². The van der Waals surface area contributed by atoms with E-state index in [1.807, 2.05) is 0 Å². The summed E-state index contributed by atoms with van der Waals surface area (Å²) in [6, 6.07) is 0. The highest BCUT2D eigenvalue weighted by atomic mass is 19.1. The molecule has 17 heavy (non-hydrogen) atoms. The van der Waals surface area contributed by atoms with E-state index < -0.39 is 35.9 Å². The van der Waals surface area contributed by atoms with Crippen molar-refractivity contribution in [2.45, 2.75) is 25.5 Å². The normalized spacial score (nSPS) is 28.5. The Balaban J connectivity index is 2.35. The highest BCUT2D eigenvalue weighted by Crippen LogP contribution is 2.26. The minimum atomic E-state index is -0.831. The van der Waals surface area contributed by atoms with Crippen LogP contribution < -0.4 is 11.4 Å². The SMILES string of the molecule is C[C@H]1O[C@@H](CO)O[C@@H]1n1cc(F)c(N)nc1=O. The fourth-order valence-corrected chi connectivity index (χ4v) is 1.62. The predicted molar refractivity (Wildman–Crippen MR) is 54.4 cm³/mol. The first-order valence-electron chi connectivity index (χ1n) is 4.99. The number of anilines is 1. The number of nitrogen functional groups attached to an aromatic ring is 1. The zero-order valence-corrected chi connectivity index (χ0v) is 9.04. The van der Waals surface area contributed by atoms with Crippen LogP contribution in [-0.2, 0) is 9.47 Å². The number of nitrogens with zero attached hydrogens (tertiary/aromatic N) is 2. The fraction of sp³-hybridized carbons (Fsp3) is 0.556. The average Bonchev–Trinajstić information content (AvgIpc) is 2.65. The Bertz CT molecular complexity index is 478. The molecule has 2 heterocycles. The maximum Gasteiger partial charge on any atom is 0.351 e. The predicted octanol–water partition coefficient (Wildman–Crippen LogP) is -0.783. The summed E-state index contributed by atoms with van der Waals surface area (Å²) in [5, 5.41) is 8.87. The molecule has 8 heteroatoms. The van der Waals surface area contributed by atoms with Gasteiger partial charge in [-0.15, -0.1) is 0 Å². The molecule has 3 atom stereocenters. The van der Waals surface area contributed by atoms with E-state index in [2.05, 4.69) is 4.98 Å². The van der Waals surface area contributed by atoms with E-state index in [-0.39, 0.29) is 6.61 Å². The second-order valence-corrected chi connectivity index (χ2v) is 3.64. The summed E-state index contributed by atoms with van der Waals surface area (Å²) in [6.07, 6.45) is -1.26. The highest BCUT2D eigenvalue weighted by molar-refractivity contribution is 5.26. The van der Waals surface area contributed by atoms with Crippen LogP contribution in [0.4, 0.5) is 10.2 Å². The molecule has 0 saturated carbocycles. The number of rotatable bonds is 2. The Morgan fingerprint density at radius 3 is 2.94 bits per heavy atom. The van der Waals surface area contributed by atoms with Crippen molar-refractivity contribution in [2.24, 2.45) is 0 Å². The lowest BCUT2D eigenvalue weighted by molar-refractivity contribution is -0.102. The van der Waals surface area contributed by atoms with Gasteiger partial charge < -0.3 is 20.3 Å². The lowest BCUT2D eigenvalue weighted by atomic mass is 10.3. The van der Waals surface area contributed by atoms with Gasteiger partial charge in [0.1, 0.15) is 6.10 Å². The molecule has 1 aromatic heterocycles. The van der Waals surface area contributed by atoms with Crippen molar-refractivity contribution in [2.75, 3.05) is 12.3 Å². The maximum absolute atomic E-state index is 13.2. The third kappa shape index (κ3) is 2.14. The number of hydrogen-bond donors (Lipinski definition) is 2. The molecule has 0 spiro atoms. The number of nitrogens with two attached hydrogens (primary N) is 1. The molecule has 1 fully saturated rings. The number of aliphatic hydroxyl groups is 1. The lowest BCUT2D eigenvalue weighted by Crippen LogP contribution is -2.32. The van der Waals surface area contributed by atoms with E-state index in [1.54, 1.807) is 6.92 Å². The zero-order valence-electron chi connectivity index (χ0n) is 9.04. The van der Waals surface area contributed by atoms with Crippen LogP contribution in [0.1, 0.15) is 13.2 Å². The smallest absolute Gasteiger partial charge is 0.351 e. The molecule has 0 unspecified atom stereocenters. The first-order chi connectivity index (χ1) is 8.02. The van der Waals surface area contributed by atoms with Gasteiger partial charge in [0.15, 0.2) is 24.2 Å². The summed E-state index contributed by atoms with van der Waals surface area (Å²) in [6.45, 7) is 1.29. The van der Waals surface area contributed by atoms with Crippen LogP contribution >= 0.6 is 0 Å². The van der Waals surface area contributed by atoms with Crippen LogP contribution in [0.5, 0.6) is 0 Å². The van der Waals surface area contributed by atoms with Gasteiger partial charge in [-0.05, 0) is 6.92 Å². The Kier molecular flexibility index (Phi) is 3.09. The third-order valence-corrected chi connectivity index (χ3v) is 2.42. The Morgan fingerprint density at radius 1 is 1.65 bits per heavy atom. The van der Waals surface area contributed by atoms with Crippen molar-refractivity contribution in [1.29, 1.82) is 0 Å². The Labute approximate surface area is 95.6 Å². The largest absolute Gasteiger partial charge is 0.391 e. The van der Waals surface area contributed by atoms with Gasteiger partial charge in [-0.1, -0.05) is 0 Å². The van der Waals surface area contributed by atoms with Gasteiger partial charge in [-0.3, -0.25) is 4.57 Å². The van der Waals surface area contributed by atoms with Crippen LogP contribution in [0, 0.1) is 5.82 Å². The highest BCUT2D eigenvalue weighted by Gasteiger charge is 2.35. The number of ether oxygens (including phenoxy) is 2. The monoisotopic (exact) mass is 245 g/mol. The van der Waals surface area contributed by atoms with Gasteiger partial charge in [0.05, 0.1) is 12.8 Å². The molecule has 0 aliphatic carbocycles. The van der Waals surface area contributed by atoms with Gasteiger partial charge in [-0.2, -0.15) is 4.98 Å². The summed E-state index contributed by atoms with van der Waals surface area (Å²) in [7, 11) is 0. The second kappa shape index (κ2) is 4.40. The quantitative estimate of drug-likeness (QED) is 0.708. The minimum absolute atomic E-state index is 0.347.